The van der Waals surface area contributed by atoms with Crippen LogP contribution in [0.15, 0.2) is 48.8 Å². The Kier molecular flexibility index (Phi) is 5.11. The zero-order valence-electron chi connectivity index (χ0n) is 20.1. The highest BCUT2D eigenvalue weighted by atomic mass is 16.5. The largest absolute Gasteiger partial charge is 0.494 e. The van der Waals surface area contributed by atoms with E-state index in [0.717, 1.165) is 52.3 Å². The Labute approximate surface area is 207 Å². The second-order valence-corrected chi connectivity index (χ2v) is 8.89. The van der Waals surface area contributed by atoms with Crippen LogP contribution in [0.25, 0.3) is 22.7 Å². The number of fused-ring (bicyclic) bond motifs is 1. The van der Waals surface area contributed by atoms with Crippen LogP contribution in [0, 0.1) is 25.2 Å². The highest BCUT2D eigenvalue weighted by molar-refractivity contribution is 5.86. The van der Waals surface area contributed by atoms with Crippen LogP contribution >= 0.6 is 0 Å². The molecule has 0 bridgehead atoms. The van der Waals surface area contributed by atoms with Gasteiger partial charge in [0.2, 0.25) is 0 Å². The number of hydrogen-bond donors (Lipinski definition) is 1. The van der Waals surface area contributed by atoms with E-state index in [9.17, 15) is 5.26 Å². The molecule has 4 heterocycles. The van der Waals surface area contributed by atoms with Gasteiger partial charge in [-0.25, -0.2) is 14.6 Å². The highest BCUT2D eigenvalue weighted by Gasteiger charge is 2.29. The number of ether oxygens (including phenoxy) is 1. The normalized spacial score (nSPS) is 13.1. The van der Waals surface area contributed by atoms with E-state index in [1.54, 1.807) is 24.2 Å². The molecule has 0 atom stereocenters. The van der Waals surface area contributed by atoms with Crippen LogP contribution in [-0.4, -0.2) is 41.6 Å². The molecule has 178 valence electrons. The number of aryl methyl sites for hydroxylation is 2. The summed E-state index contributed by atoms with van der Waals surface area (Å²) in [6.07, 6.45) is 4.01. The minimum Gasteiger partial charge on any atom is -0.494 e. The van der Waals surface area contributed by atoms with E-state index < -0.39 is 0 Å². The molecule has 0 radical (unpaired) electrons. The molecule has 1 aliphatic rings. The summed E-state index contributed by atoms with van der Waals surface area (Å²) in [5, 5.41) is 25.4. The lowest BCUT2D eigenvalue weighted by Crippen LogP contribution is -2.09. The second-order valence-electron chi connectivity index (χ2n) is 8.89. The monoisotopic (exact) mass is 477 g/mol. The third kappa shape index (κ3) is 3.80. The Balaban J connectivity index is 1.47. The van der Waals surface area contributed by atoms with Gasteiger partial charge < -0.3 is 10.1 Å². The molecule has 0 aliphatic heterocycles. The minimum absolute atomic E-state index is 0.372. The Bertz CT molecular complexity index is 1640. The molecule has 4 aromatic heterocycles. The van der Waals surface area contributed by atoms with Gasteiger partial charge in [0, 0.05) is 17.3 Å². The Morgan fingerprint density at radius 1 is 1.08 bits per heavy atom. The number of imidazole rings is 1. The maximum absolute atomic E-state index is 9.34. The Morgan fingerprint density at radius 3 is 2.64 bits per heavy atom. The van der Waals surface area contributed by atoms with Gasteiger partial charge in [-0.05, 0) is 62.9 Å². The van der Waals surface area contributed by atoms with Crippen LogP contribution in [0.3, 0.4) is 0 Å². The van der Waals surface area contributed by atoms with Gasteiger partial charge in [0.25, 0.3) is 0 Å². The number of nitrogens with zero attached hydrogens (tertiary/aromatic N) is 8. The van der Waals surface area contributed by atoms with Crippen molar-refractivity contribution in [2.45, 2.75) is 32.6 Å². The van der Waals surface area contributed by atoms with Crippen molar-refractivity contribution in [3.63, 3.8) is 0 Å². The molecular weight excluding hydrogens is 454 g/mol. The van der Waals surface area contributed by atoms with Gasteiger partial charge in [-0.2, -0.15) is 15.5 Å². The van der Waals surface area contributed by atoms with Gasteiger partial charge >= 0.3 is 0 Å². The predicted molar refractivity (Wildman–Crippen MR) is 134 cm³/mol. The molecule has 1 N–H and O–H groups in total. The van der Waals surface area contributed by atoms with Crippen molar-refractivity contribution in [2.75, 3.05) is 12.4 Å². The molecule has 10 nitrogen and oxygen atoms in total. The first kappa shape index (κ1) is 21.7. The summed E-state index contributed by atoms with van der Waals surface area (Å²) >= 11 is 0. The van der Waals surface area contributed by atoms with Crippen molar-refractivity contribution in [3.8, 4) is 23.5 Å². The summed E-state index contributed by atoms with van der Waals surface area (Å²) in [7, 11) is 1.62. The average molecular weight is 478 g/mol. The molecule has 0 unspecified atom stereocenters. The van der Waals surface area contributed by atoms with Crippen molar-refractivity contribution < 1.29 is 4.74 Å². The van der Waals surface area contributed by atoms with Crippen molar-refractivity contribution in [1.82, 2.24) is 34.5 Å². The smallest absolute Gasteiger partial charge is 0.163 e. The maximum Gasteiger partial charge on any atom is 0.163 e. The Hall–Kier alpha value is -4.78. The van der Waals surface area contributed by atoms with E-state index in [4.69, 9.17) is 9.72 Å². The fraction of sp³-hybridized carbons (Fsp3) is 0.231. The quantitative estimate of drug-likeness (QED) is 0.379. The summed E-state index contributed by atoms with van der Waals surface area (Å²) in [5.41, 5.74) is 5.57. The number of nitrogens with one attached hydrogen (secondary N) is 1. The lowest BCUT2D eigenvalue weighted by Gasteiger charge is -2.14. The van der Waals surface area contributed by atoms with Crippen LogP contribution in [0.5, 0.6) is 5.75 Å². The summed E-state index contributed by atoms with van der Waals surface area (Å²) in [4.78, 5) is 9.60. The standard InChI is InChI=1S/C26H23N9O/c1-15-4-8-24(32-31-15)29-21-11-22-20(12-23(21)36-3)28-14-34(22)25-9-7-19(17-5-6-17)26(30-25)35-16(2)10-18(13-27)33-35/h4,7-12,14,17H,5-6H2,1-3H3,(H,29,32). The molecular formula is C26H23N9O. The minimum atomic E-state index is 0.372. The molecule has 5 aromatic rings. The topological polar surface area (TPSA) is 119 Å². The van der Waals surface area contributed by atoms with Crippen LogP contribution in [0.4, 0.5) is 11.5 Å². The van der Waals surface area contributed by atoms with E-state index >= 15 is 0 Å². The summed E-state index contributed by atoms with van der Waals surface area (Å²) < 4.78 is 9.30. The number of hydrogen-bond acceptors (Lipinski definition) is 8. The summed E-state index contributed by atoms with van der Waals surface area (Å²) in [6, 6.07) is 15.6. The molecule has 0 spiro atoms. The fourth-order valence-corrected chi connectivity index (χ4v) is 4.30. The number of aromatic nitrogens is 7. The van der Waals surface area contributed by atoms with E-state index in [1.807, 2.05) is 48.7 Å². The molecule has 1 aromatic carbocycles. The number of rotatable bonds is 6. The first-order valence-corrected chi connectivity index (χ1v) is 11.6. The van der Waals surface area contributed by atoms with E-state index in [0.29, 0.717) is 29.0 Å². The average Bonchev–Trinajstić information content (AvgIpc) is 3.55. The van der Waals surface area contributed by atoms with E-state index in [2.05, 4.69) is 37.7 Å². The highest BCUT2D eigenvalue weighted by Crippen LogP contribution is 2.43. The van der Waals surface area contributed by atoms with Gasteiger partial charge in [0.15, 0.2) is 17.3 Å². The van der Waals surface area contributed by atoms with Gasteiger partial charge in [0.1, 0.15) is 24.0 Å². The maximum atomic E-state index is 9.34. The van der Waals surface area contributed by atoms with Gasteiger partial charge in [-0.1, -0.05) is 6.07 Å². The fourth-order valence-electron chi connectivity index (χ4n) is 4.30. The Morgan fingerprint density at radius 2 is 1.94 bits per heavy atom. The number of benzene rings is 1. The van der Waals surface area contributed by atoms with Crippen LogP contribution in [0.2, 0.25) is 0 Å². The van der Waals surface area contributed by atoms with Gasteiger partial charge in [-0.3, -0.25) is 4.57 Å². The van der Waals surface area contributed by atoms with Crippen LogP contribution in [0.1, 0.15) is 41.4 Å². The lowest BCUT2D eigenvalue weighted by atomic mass is 10.1. The zero-order chi connectivity index (χ0) is 24.8. The first-order chi connectivity index (χ1) is 17.5. The van der Waals surface area contributed by atoms with Crippen molar-refractivity contribution in [1.29, 1.82) is 5.26 Å². The van der Waals surface area contributed by atoms with Crippen molar-refractivity contribution in [2.24, 2.45) is 0 Å². The molecule has 36 heavy (non-hydrogen) atoms. The molecule has 1 fully saturated rings. The molecule has 10 heteroatoms. The summed E-state index contributed by atoms with van der Waals surface area (Å²) in [6.45, 7) is 3.83. The predicted octanol–water partition coefficient (Wildman–Crippen LogP) is 4.51. The zero-order valence-corrected chi connectivity index (χ0v) is 20.1. The summed E-state index contributed by atoms with van der Waals surface area (Å²) in [5.74, 6) is 3.17. The number of pyridine rings is 1. The van der Waals surface area contributed by atoms with Crippen molar-refractivity contribution in [3.05, 3.63) is 71.4 Å². The van der Waals surface area contributed by atoms with Crippen LogP contribution in [-0.2, 0) is 0 Å². The third-order valence-electron chi connectivity index (χ3n) is 6.29. The van der Waals surface area contributed by atoms with Gasteiger partial charge in [0.05, 0.1) is 29.5 Å². The molecule has 0 amide bonds. The molecule has 6 rings (SSSR count). The number of methoxy groups -OCH3 is 1. The molecule has 1 aliphatic carbocycles. The molecule has 0 saturated heterocycles. The third-order valence-corrected chi connectivity index (χ3v) is 6.29. The SMILES string of the molecule is COc1cc2ncn(-c3ccc(C4CC4)c(-n4nc(C#N)cc4C)n3)c2cc1Nc1ccc(C)nn1. The van der Waals surface area contributed by atoms with E-state index in [-0.39, 0.29) is 0 Å². The lowest BCUT2D eigenvalue weighted by molar-refractivity contribution is 0.417. The van der Waals surface area contributed by atoms with E-state index in [1.165, 1.54) is 0 Å². The van der Waals surface area contributed by atoms with Gasteiger partial charge in [-0.15, -0.1) is 5.10 Å². The van der Waals surface area contributed by atoms with Crippen molar-refractivity contribution >= 4 is 22.5 Å². The second kappa shape index (κ2) is 8.46. The number of nitriles is 1. The molecule has 1 saturated carbocycles. The first-order valence-electron chi connectivity index (χ1n) is 11.6. The number of anilines is 2. The van der Waals surface area contributed by atoms with Crippen LogP contribution < -0.4 is 10.1 Å².